The van der Waals surface area contributed by atoms with Crippen LogP contribution in [0.2, 0.25) is 0 Å². The number of hydrogen-bond acceptors (Lipinski definition) is 5. The second-order valence-electron chi connectivity index (χ2n) is 9.77. The van der Waals surface area contributed by atoms with Crippen LogP contribution in [0, 0.1) is 11.7 Å². The van der Waals surface area contributed by atoms with Gasteiger partial charge >= 0.3 is 18.0 Å². The molecule has 0 bridgehead atoms. The summed E-state index contributed by atoms with van der Waals surface area (Å²) in [5.41, 5.74) is 1.19. The second kappa shape index (κ2) is 12.9. The van der Waals surface area contributed by atoms with Gasteiger partial charge in [-0.1, -0.05) is 48.5 Å². The highest BCUT2D eigenvalue weighted by Gasteiger charge is 2.51. The SMILES string of the molecule is CN(C(=O)C1CC(C(=O)O)C(c2ccccc2F)N1C(=O)CNC(=O)Nc1cccc(CC(=O)O)c1)c1ccccc1. The summed E-state index contributed by atoms with van der Waals surface area (Å²) in [4.78, 5) is 65.6. The zero-order valence-corrected chi connectivity index (χ0v) is 22.6. The molecule has 3 aromatic carbocycles. The van der Waals surface area contributed by atoms with Crippen LogP contribution in [-0.4, -0.2) is 64.5 Å². The van der Waals surface area contributed by atoms with Crippen molar-refractivity contribution in [3.8, 4) is 0 Å². The first-order chi connectivity index (χ1) is 20.1. The van der Waals surface area contributed by atoms with Gasteiger partial charge in [-0.2, -0.15) is 0 Å². The number of likely N-dealkylation sites (tertiary alicyclic amines) is 1. The van der Waals surface area contributed by atoms with Gasteiger partial charge in [-0.25, -0.2) is 9.18 Å². The van der Waals surface area contributed by atoms with E-state index in [0.29, 0.717) is 11.3 Å². The average Bonchev–Trinajstić information content (AvgIpc) is 3.36. The smallest absolute Gasteiger partial charge is 0.319 e. The summed E-state index contributed by atoms with van der Waals surface area (Å²) < 4.78 is 15.0. The number of hydrogen-bond donors (Lipinski definition) is 4. The molecule has 4 N–H and O–H groups in total. The largest absolute Gasteiger partial charge is 0.481 e. The van der Waals surface area contributed by atoms with Crippen LogP contribution in [-0.2, 0) is 25.6 Å². The number of carbonyl (C=O) groups excluding carboxylic acids is 3. The van der Waals surface area contributed by atoms with Crippen molar-refractivity contribution in [3.05, 3.63) is 95.8 Å². The number of rotatable bonds is 9. The summed E-state index contributed by atoms with van der Waals surface area (Å²) >= 11 is 0. The summed E-state index contributed by atoms with van der Waals surface area (Å²) in [5, 5.41) is 23.9. The summed E-state index contributed by atoms with van der Waals surface area (Å²) in [6, 6.07) is 16.8. The molecule has 1 saturated heterocycles. The second-order valence-corrected chi connectivity index (χ2v) is 9.77. The van der Waals surface area contributed by atoms with Gasteiger partial charge in [-0.15, -0.1) is 0 Å². The molecule has 0 aliphatic carbocycles. The first-order valence-corrected chi connectivity index (χ1v) is 13.0. The zero-order valence-electron chi connectivity index (χ0n) is 22.6. The van der Waals surface area contributed by atoms with E-state index in [1.807, 2.05) is 0 Å². The van der Waals surface area contributed by atoms with Crippen molar-refractivity contribution in [1.29, 1.82) is 0 Å². The van der Waals surface area contributed by atoms with Gasteiger partial charge in [0.15, 0.2) is 0 Å². The molecule has 3 atom stereocenters. The van der Waals surface area contributed by atoms with Crippen LogP contribution in [0.5, 0.6) is 0 Å². The number of carbonyl (C=O) groups is 5. The number of urea groups is 1. The number of nitrogens with zero attached hydrogens (tertiary/aromatic N) is 2. The normalized spacial score (nSPS) is 17.8. The van der Waals surface area contributed by atoms with Crippen LogP contribution in [0.3, 0.4) is 0 Å². The standard InChI is InChI=1S/C30H29FN4O7/c1-34(20-10-3-2-4-11-20)28(39)24-16-22(29(40)41)27(21-12-5-6-13-23(21)31)35(24)25(36)17-32-30(42)33-19-9-7-8-18(14-19)15-26(37)38/h2-14,22,24,27H,15-17H2,1H3,(H,37,38)(H,40,41)(H2,32,33,42). The van der Waals surface area contributed by atoms with Gasteiger partial charge in [0.1, 0.15) is 11.9 Å². The van der Waals surface area contributed by atoms with Crippen molar-refractivity contribution in [3.63, 3.8) is 0 Å². The number of amides is 4. The molecule has 1 heterocycles. The number of likely N-dealkylation sites (N-methyl/N-ethyl adjacent to an activating group) is 1. The van der Waals surface area contributed by atoms with Gasteiger partial charge in [-0.3, -0.25) is 19.2 Å². The maximum absolute atomic E-state index is 15.0. The molecule has 1 aliphatic heterocycles. The summed E-state index contributed by atoms with van der Waals surface area (Å²) in [6.07, 6.45) is -0.516. The molecule has 11 nitrogen and oxygen atoms in total. The van der Waals surface area contributed by atoms with Gasteiger partial charge in [0.25, 0.3) is 0 Å². The molecule has 0 spiro atoms. The predicted molar refractivity (Wildman–Crippen MR) is 150 cm³/mol. The van der Waals surface area contributed by atoms with Crippen LogP contribution in [0.15, 0.2) is 78.9 Å². The summed E-state index contributed by atoms with van der Waals surface area (Å²) in [5.74, 6) is -5.73. The van der Waals surface area contributed by atoms with Crippen molar-refractivity contribution < 1.29 is 38.6 Å². The first-order valence-electron chi connectivity index (χ1n) is 13.0. The Kier molecular flexibility index (Phi) is 9.15. The lowest BCUT2D eigenvalue weighted by molar-refractivity contribution is -0.144. The molecule has 12 heteroatoms. The Hall–Kier alpha value is -5.26. The van der Waals surface area contributed by atoms with Gasteiger partial charge in [0.2, 0.25) is 11.8 Å². The molecule has 3 unspecified atom stereocenters. The molecule has 1 aliphatic rings. The van der Waals surface area contributed by atoms with E-state index in [1.165, 1.54) is 42.3 Å². The number of anilines is 2. The molecular formula is C30H29FN4O7. The van der Waals surface area contributed by atoms with Crippen LogP contribution in [0.1, 0.15) is 23.6 Å². The number of benzene rings is 3. The molecular weight excluding hydrogens is 547 g/mol. The lowest BCUT2D eigenvalue weighted by Crippen LogP contribution is -2.50. The summed E-state index contributed by atoms with van der Waals surface area (Å²) in [7, 11) is 1.50. The fourth-order valence-corrected chi connectivity index (χ4v) is 5.10. The van der Waals surface area contributed by atoms with Crippen LogP contribution >= 0.6 is 0 Å². The zero-order chi connectivity index (χ0) is 30.4. The van der Waals surface area contributed by atoms with Gasteiger partial charge in [-0.05, 0) is 42.3 Å². The quantitative estimate of drug-likeness (QED) is 0.305. The fraction of sp³-hybridized carbons (Fsp3) is 0.233. The Balaban J connectivity index is 1.59. The van der Waals surface area contributed by atoms with E-state index in [4.69, 9.17) is 5.11 Å². The Labute approximate surface area is 240 Å². The van der Waals surface area contributed by atoms with Crippen molar-refractivity contribution >= 4 is 41.2 Å². The molecule has 4 rings (SSSR count). The van der Waals surface area contributed by atoms with Gasteiger partial charge in [0.05, 0.1) is 24.9 Å². The maximum atomic E-state index is 15.0. The average molecular weight is 577 g/mol. The number of aliphatic carboxylic acids is 2. The maximum Gasteiger partial charge on any atom is 0.319 e. The number of para-hydroxylation sites is 1. The van der Waals surface area contributed by atoms with E-state index in [0.717, 1.165) is 11.0 Å². The third-order valence-corrected chi connectivity index (χ3v) is 7.02. The highest BCUT2D eigenvalue weighted by atomic mass is 19.1. The molecule has 0 saturated carbocycles. The molecule has 3 aromatic rings. The molecule has 1 fully saturated rings. The minimum Gasteiger partial charge on any atom is -0.481 e. The lowest BCUT2D eigenvalue weighted by Gasteiger charge is -2.33. The number of nitrogens with one attached hydrogen (secondary N) is 2. The number of carboxylic acids is 2. The van der Waals surface area contributed by atoms with Crippen LogP contribution in [0.4, 0.5) is 20.6 Å². The van der Waals surface area contributed by atoms with Crippen molar-refractivity contribution in [2.24, 2.45) is 5.92 Å². The predicted octanol–water partition coefficient (Wildman–Crippen LogP) is 3.28. The Morgan fingerprint density at radius 3 is 2.31 bits per heavy atom. The van der Waals surface area contributed by atoms with Crippen molar-refractivity contribution in [1.82, 2.24) is 10.2 Å². The van der Waals surface area contributed by atoms with E-state index in [-0.39, 0.29) is 24.1 Å². The third-order valence-electron chi connectivity index (χ3n) is 7.02. The third kappa shape index (κ3) is 6.72. The van der Waals surface area contributed by atoms with E-state index in [1.54, 1.807) is 42.5 Å². The molecule has 42 heavy (non-hydrogen) atoms. The van der Waals surface area contributed by atoms with Crippen LogP contribution in [0.25, 0.3) is 0 Å². The van der Waals surface area contributed by atoms with Gasteiger partial charge < -0.3 is 30.6 Å². The topological polar surface area (TPSA) is 156 Å². The lowest BCUT2D eigenvalue weighted by atomic mass is 9.92. The molecule has 0 aromatic heterocycles. The minimum atomic E-state index is -1.31. The molecule has 218 valence electrons. The van der Waals surface area contributed by atoms with E-state index < -0.39 is 60.1 Å². The Morgan fingerprint density at radius 1 is 0.952 bits per heavy atom. The molecule has 4 amide bonds. The summed E-state index contributed by atoms with van der Waals surface area (Å²) in [6.45, 7) is -0.628. The van der Waals surface area contributed by atoms with E-state index >= 15 is 0 Å². The molecule has 0 radical (unpaired) electrons. The van der Waals surface area contributed by atoms with Crippen molar-refractivity contribution in [2.45, 2.75) is 24.9 Å². The Bertz CT molecular complexity index is 1500. The minimum absolute atomic E-state index is 0.0596. The van der Waals surface area contributed by atoms with E-state index in [2.05, 4.69) is 10.6 Å². The number of carboxylic acid groups (broad SMARTS) is 2. The number of halogens is 1. The van der Waals surface area contributed by atoms with Crippen LogP contribution < -0.4 is 15.5 Å². The fourth-order valence-electron chi connectivity index (χ4n) is 5.10. The van der Waals surface area contributed by atoms with Crippen molar-refractivity contribution in [2.75, 3.05) is 23.8 Å². The highest BCUT2D eigenvalue weighted by Crippen LogP contribution is 2.43. The van der Waals surface area contributed by atoms with Gasteiger partial charge in [0, 0.05) is 24.0 Å². The highest BCUT2D eigenvalue weighted by molar-refractivity contribution is 6.01. The first kappa shape index (κ1) is 29.7. The monoisotopic (exact) mass is 576 g/mol. The van der Waals surface area contributed by atoms with E-state index in [9.17, 15) is 33.5 Å². The Morgan fingerprint density at radius 2 is 1.64 bits per heavy atom.